The van der Waals surface area contributed by atoms with Gasteiger partial charge in [0.05, 0.1) is 22.8 Å². The van der Waals surface area contributed by atoms with Gasteiger partial charge in [0.15, 0.2) is 23.9 Å². The van der Waals surface area contributed by atoms with Crippen molar-refractivity contribution in [2.45, 2.75) is 36.9 Å². The maximum Gasteiger partial charge on any atom is 0.338 e. The summed E-state index contributed by atoms with van der Waals surface area (Å²) >= 11 is 6.42. The molecule has 0 bridgehead atoms. The topological polar surface area (TPSA) is 88.1 Å². The van der Waals surface area contributed by atoms with Gasteiger partial charge in [-0.2, -0.15) is 0 Å². The second kappa shape index (κ2) is 11.2. The smallest absolute Gasteiger partial charge is 0.338 e. The lowest BCUT2D eigenvalue weighted by atomic mass is 9.99. The van der Waals surface area contributed by atoms with Crippen LogP contribution in [-0.2, 0) is 18.9 Å². The van der Waals surface area contributed by atoms with Crippen molar-refractivity contribution in [1.29, 1.82) is 0 Å². The van der Waals surface area contributed by atoms with Crippen molar-refractivity contribution in [3.8, 4) is 0 Å². The predicted octanol–water partition coefficient (Wildman–Crippen LogP) is 4.65. The standard InChI is InChI=1S/C27H23ClO7/c1-17-21(33-25(29)18-11-5-2-6-12-18)22(34-26(30)19-13-7-3-8-14-19)23(24(28)32-17)35-27(31)20-15-9-4-10-16-20/h2-17,21-24H,1H3/t17-,21-,22+,23+,24+/m0/s1. The van der Waals surface area contributed by atoms with Crippen LogP contribution in [0, 0.1) is 0 Å². The highest BCUT2D eigenvalue weighted by Crippen LogP contribution is 2.31. The number of halogens is 1. The SMILES string of the molecule is C[C@@H]1O[C@@H](Cl)[C@H](OC(=O)c2ccccc2)[C@H](OC(=O)c2ccccc2)[C@H]1OC(=O)c1ccccc1. The monoisotopic (exact) mass is 494 g/mol. The van der Waals surface area contributed by atoms with Crippen molar-refractivity contribution in [2.75, 3.05) is 0 Å². The molecule has 0 unspecified atom stereocenters. The van der Waals surface area contributed by atoms with Crippen LogP contribution in [0.2, 0.25) is 0 Å². The van der Waals surface area contributed by atoms with Gasteiger partial charge < -0.3 is 18.9 Å². The highest BCUT2D eigenvalue weighted by Gasteiger charge is 2.50. The molecule has 4 rings (SSSR count). The minimum atomic E-state index is -1.25. The number of carbonyl (C=O) groups excluding carboxylic acids is 3. The lowest BCUT2D eigenvalue weighted by Gasteiger charge is -2.42. The molecule has 0 aromatic heterocycles. The number of hydrogen-bond acceptors (Lipinski definition) is 7. The molecule has 35 heavy (non-hydrogen) atoms. The van der Waals surface area contributed by atoms with Gasteiger partial charge in [0, 0.05) is 0 Å². The molecule has 3 aromatic carbocycles. The summed E-state index contributed by atoms with van der Waals surface area (Å²) in [6.45, 7) is 1.64. The average Bonchev–Trinajstić information content (AvgIpc) is 2.89. The summed E-state index contributed by atoms with van der Waals surface area (Å²) in [4.78, 5) is 38.6. The normalized spacial score (nSPS) is 23.7. The molecular formula is C27H23ClO7. The molecule has 1 saturated heterocycles. The van der Waals surface area contributed by atoms with Gasteiger partial charge in [0.25, 0.3) is 0 Å². The molecule has 7 nitrogen and oxygen atoms in total. The fourth-order valence-electron chi connectivity index (χ4n) is 3.68. The van der Waals surface area contributed by atoms with E-state index < -0.39 is 47.9 Å². The number of alkyl halides is 1. The zero-order valence-electron chi connectivity index (χ0n) is 18.8. The van der Waals surface area contributed by atoms with E-state index >= 15 is 0 Å². The van der Waals surface area contributed by atoms with E-state index in [4.69, 9.17) is 30.5 Å². The van der Waals surface area contributed by atoms with E-state index in [1.807, 2.05) is 0 Å². The average molecular weight is 495 g/mol. The lowest BCUT2D eigenvalue weighted by molar-refractivity contribution is -0.197. The van der Waals surface area contributed by atoms with Crippen LogP contribution in [0.25, 0.3) is 0 Å². The molecule has 1 heterocycles. The van der Waals surface area contributed by atoms with Gasteiger partial charge in [-0.25, -0.2) is 14.4 Å². The summed E-state index contributed by atoms with van der Waals surface area (Å²) in [5, 5.41) is 0. The van der Waals surface area contributed by atoms with Crippen LogP contribution in [0.3, 0.4) is 0 Å². The number of rotatable bonds is 6. The van der Waals surface area contributed by atoms with E-state index in [9.17, 15) is 14.4 Å². The first-order chi connectivity index (χ1) is 16.9. The molecule has 0 saturated carbocycles. The Balaban J connectivity index is 1.63. The summed E-state index contributed by atoms with van der Waals surface area (Å²) in [5.41, 5.74) is -0.295. The van der Waals surface area contributed by atoms with Crippen molar-refractivity contribution >= 4 is 29.5 Å². The molecule has 1 fully saturated rings. The highest BCUT2D eigenvalue weighted by atomic mass is 35.5. The first-order valence-electron chi connectivity index (χ1n) is 11.0. The largest absolute Gasteiger partial charge is 0.452 e. The Kier molecular flexibility index (Phi) is 7.80. The van der Waals surface area contributed by atoms with Gasteiger partial charge in [0.1, 0.15) is 0 Å². The number of benzene rings is 3. The van der Waals surface area contributed by atoms with Crippen LogP contribution in [0.4, 0.5) is 0 Å². The van der Waals surface area contributed by atoms with Crippen LogP contribution in [0.1, 0.15) is 38.0 Å². The van der Waals surface area contributed by atoms with E-state index in [-0.39, 0.29) is 11.1 Å². The molecule has 0 amide bonds. The molecule has 1 aliphatic heterocycles. The molecule has 3 aromatic rings. The third-order valence-corrected chi connectivity index (χ3v) is 5.82. The Morgan fingerprint density at radius 1 is 0.600 bits per heavy atom. The summed E-state index contributed by atoms with van der Waals surface area (Å²) in [6, 6.07) is 24.9. The maximum atomic E-state index is 12.9. The molecule has 1 aliphatic rings. The number of hydrogen-bond donors (Lipinski definition) is 0. The van der Waals surface area contributed by atoms with Crippen molar-refractivity contribution in [2.24, 2.45) is 0 Å². The molecule has 180 valence electrons. The molecule has 0 aliphatic carbocycles. The molecular weight excluding hydrogens is 472 g/mol. The zero-order chi connectivity index (χ0) is 24.8. The van der Waals surface area contributed by atoms with Crippen LogP contribution in [0.5, 0.6) is 0 Å². The first kappa shape index (κ1) is 24.4. The Morgan fingerprint density at radius 3 is 1.34 bits per heavy atom. The zero-order valence-corrected chi connectivity index (χ0v) is 19.5. The van der Waals surface area contributed by atoms with E-state index in [1.54, 1.807) is 97.9 Å². The Hall–Kier alpha value is -3.68. The van der Waals surface area contributed by atoms with Crippen LogP contribution < -0.4 is 0 Å². The predicted molar refractivity (Wildman–Crippen MR) is 127 cm³/mol. The van der Waals surface area contributed by atoms with Gasteiger partial charge in [-0.3, -0.25) is 0 Å². The van der Waals surface area contributed by atoms with Crippen molar-refractivity contribution < 1.29 is 33.3 Å². The van der Waals surface area contributed by atoms with Crippen molar-refractivity contribution in [1.82, 2.24) is 0 Å². The summed E-state index contributed by atoms with van der Waals surface area (Å²) in [6.07, 6.45) is -4.33. The molecule has 0 N–H and O–H groups in total. The van der Waals surface area contributed by atoms with E-state index in [0.717, 1.165) is 0 Å². The van der Waals surface area contributed by atoms with E-state index in [2.05, 4.69) is 0 Å². The van der Waals surface area contributed by atoms with Gasteiger partial charge in [-0.05, 0) is 43.3 Å². The van der Waals surface area contributed by atoms with Gasteiger partial charge in [-0.1, -0.05) is 66.2 Å². The minimum Gasteiger partial charge on any atom is -0.452 e. The number of carbonyl (C=O) groups is 3. The van der Waals surface area contributed by atoms with Crippen LogP contribution >= 0.6 is 11.6 Å². The quantitative estimate of drug-likeness (QED) is 0.280. The molecule has 0 radical (unpaired) electrons. The molecule has 8 heteroatoms. The second-order valence-electron chi connectivity index (χ2n) is 7.90. The number of ether oxygens (including phenoxy) is 4. The third-order valence-electron chi connectivity index (χ3n) is 5.47. The van der Waals surface area contributed by atoms with E-state index in [1.165, 1.54) is 0 Å². The van der Waals surface area contributed by atoms with E-state index in [0.29, 0.717) is 5.56 Å². The fourth-order valence-corrected chi connectivity index (χ4v) is 4.04. The minimum absolute atomic E-state index is 0.277. The summed E-state index contributed by atoms with van der Waals surface area (Å²) in [5.74, 6) is -2.02. The maximum absolute atomic E-state index is 12.9. The van der Waals surface area contributed by atoms with Gasteiger partial charge in [0.2, 0.25) is 0 Å². The summed E-state index contributed by atoms with van der Waals surface area (Å²) in [7, 11) is 0. The van der Waals surface area contributed by atoms with Crippen molar-refractivity contribution in [3.63, 3.8) is 0 Å². The lowest BCUT2D eigenvalue weighted by Crippen LogP contribution is -2.59. The molecule has 5 atom stereocenters. The van der Waals surface area contributed by atoms with Crippen LogP contribution in [-0.4, -0.2) is 47.9 Å². The second-order valence-corrected chi connectivity index (χ2v) is 8.33. The molecule has 0 spiro atoms. The highest BCUT2D eigenvalue weighted by molar-refractivity contribution is 6.20. The van der Waals surface area contributed by atoms with Crippen molar-refractivity contribution in [3.05, 3.63) is 108 Å². The Bertz CT molecular complexity index is 1090. The first-order valence-corrected chi connectivity index (χ1v) is 11.5. The third kappa shape index (κ3) is 5.88. The van der Waals surface area contributed by atoms with Crippen LogP contribution in [0.15, 0.2) is 91.0 Å². The fraction of sp³-hybridized carbons (Fsp3) is 0.222. The van der Waals surface area contributed by atoms with Gasteiger partial charge >= 0.3 is 17.9 Å². The Labute approximate surface area is 207 Å². The van der Waals surface area contributed by atoms with Gasteiger partial charge in [-0.15, -0.1) is 0 Å². The Morgan fingerprint density at radius 2 is 0.943 bits per heavy atom. The number of esters is 3. The summed E-state index contributed by atoms with van der Waals surface area (Å²) < 4.78 is 22.8.